The SMILES string of the molecule is C=CCN(CC=C)c1ccc2cc(C(C#N)=C(C#N)C#N)ccc2c1. The Hall–Kier alpha value is -3.81. The maximum Gasteiger partial charge on any atom is 0.148 e. The predicted molar refractivity (Wildman–Crippen MR) is 100 cm³/mol. The van der Waals surface area contributed by atoms with Crippen LogP contribution in [0.15, 0.2) is 67.3 Å². The largest absolute Gasteiger partial charge is 0.364 e. The van der Waals surface area contributed by atoms with Gasteiger partial charge in [-0.1, -0.05) is 30.4 Å². The molecule has 2 rings (SSSR count). The van der Waals surface area contributed by atoms with Crippen LogP contribution in [-0.4, -0.2) is 13.1 Å². The number of rotatable bonds is 6. The first-order valence-corrected chi connectivity index (χ1v) is 7.64. The van der Waals surface area contributed by atoms with Crippen LogP contribution in [0.5, 0.6) is 0 Å². The molecule has 0 fully saturated rings. The molecule has 0 spiro atoms. The van der Waals surface area contributed by atoms with Crippen molar-refractivity contribution in [3.05, 3.63) is 72.8 Å². The van der Waals surface area contributed by atoms with Gasteiger partial charge in [0.15, 0.2) is 0 Å². The number of fused-ring (bicyclic) bond motifs is 1. The van der Waals surface area contributed by atoms with Crippen LogP contribution >= 0.6 is 0 Å². The van der Waals surface area contributed by atoms with Gasteiger partial charge in [0.25, 0.3) is 0 Å². The highest BCUT2D eigenvalue weighted by Gasteiger charge is 2.10. The third-order valence-electron chi connectivity index (χ3n) is 3.76. The summed E-state index contributed by atoms with van der Waals surface area (Å²) in [6.07, 6.45) is 3.68. The van der Waals surface area contributed by atoms with Gasteiger partial charge in [-0.25, -0.2) is 0 Å². The van der Waals surface area contributed by atoms with Crippen molar-refractivity contribution in [3.8, 4) is 18.2 Å². The molecule has 4 nitrogen and oxygen atoms in total. The number of nitriles is 3. The van der Waals surface area contributed by atoms with Crippen molar-refractivity contribution < 1.29 is 0 Å². The summed E-state index contributed by atoms with van der Waals surface area (Å²) in [5.41, 5.74) is 1.53. The Morgan fingerprint density at radius 3 is 2.04 bits per heavy atom. The minimum Gasteiger partial charge on any atom is -0.364 e. The molecule has 0 bridgehead atoms. The lowest BCUT2D eigenvalue weighted by atomic mass is 9.98. The van der Waals surface area contributed by atoms with Gasteiger partial charge in [0, 0.05) is 18.8 Å². The van der Waals surface area contributed by atoms with E-state index < -0.39 is 0 Å². The van der Waals surface area contributed by atoms with Crippen LogP contribution in [0.1, 0.15) is 5.56 Å². The monoisotopic (exact) mass is 324 g/mol. The van der Waals surface area contributed by atoms with Gasteiger partial charge < -0.3 is 4.90 Å². The number of nitrogens with zero attached hydrogens (tertiary/aromatic N) is 4. The third-order valence-corrected chi connectivity index (χ3v) is 3.76. The van der Waals surface area contributed by atoms with Gasteiger partial charge in [-0.15, -0.1) is 13.2 Å². The number of allylic oxidation sites excluding steroid dienone is 2. The van der Waals surface area contributed by atoms with Gasteiger partial charge in [0.05, 0.1) is 5.57 Å². The summed E-state index contributed by atoms with van der Waals surface area (Å²) in [5, 5.41) is 29.2. The second-order valence-corrected chi connectivity index (χ2v) is 5.31. The van der Waals surface area contributed by atoms with Crippen molar-refractivity contribution in [2.24, 2.45) is 0 Å². The zero-order valence-corrected chi connectivity index (χ0v) is 13.7. The van der Waals surface area contributed by atoms with Crippen LogP contribution in [0.4, 0.5) is 5.69 Å². The fourth-order valence-electron chi connectivity index (χ4n) is 2.58. The fraction of sp³-hybridized carbons (Fsp3) is 0.0952. The van der Waals surface area contributed by atoms with E-state index in [1.807, 2.05) is 42.5 Å². The van der Waals surface area contributed by atoms with Gasteiger partial charge in [-0.2, -0.15) is 15.8 Å². The molecule has 0 saturated heterocycles. The predicted octanol–water partition coefficient (Wildman–Crippen LogP) is 4.34. The highest BCUT2D eigenvalue weighted by molar-refractivity contribution is 5.92. The first kappa shape index (κ1) is 17.5. The lowest BCUT2D eigenvalue weighted by Crippen LogP contribution is -2.22. The molecule has 0 unspecified atom stereocenters. The maximum atomic E-state index is 9.28. The second-order valence-electron chi connectivity index (χ2n) is 5.31. The molecule has 0 aliphatic heterocycles. The molecule has 0 heterocycles. The lowest BCUT2D eigenvalue weighted by molar-refractivity contribution is 0.958. The molecule has 0 atom stereocenters. The van der Waals surface area contributed by atoms with Crippen LogP contribution in [0.25, 0.3) is 16.3 Å². The molecule has 120 valence electrons. The first-order chi connectivity index (χ1) is 12.2. The standard InChI is InChI=1S/C21H16N4/c1-3-9-25(10-4-2)20-8-7-16-11-18(6-5-17(16)12-20)21(15-24)19(13-22)14-23/h3-8,11-12H,1-2,9-10H2. The average molecular weight is 324 g/mol. The van der Waals surface area contributed by atoms with Crippen molar-refractivity contribution in [3.63, 3.8) is 0 Å². The quantitative estimate of drug-likeness (QED) is 0.585. The van der Waals surface area contributed by atoms with E-state index in [1.54, 1.807) is 18.2 Å². The molecule has 0 aromatic heterocycles. The molecule has 2 aromatic rings. The van der Waals surface area contributed by atoms with E-state index in [0.29, 0.717) is 18.7 Å². The van der Waals surface area contributed by atoms with Gasteiger partial charge >= 0.3 is 0 Å². The highest BCUT2D eigenvalue weighted by atomic mass is 15.1. The van der Waals surface area contributed by atoms with Crippen LogP contribution in [0.2, 0.25) is 0 Å². The normalized spacial score (nSPS) is 9.32. The summed E-state index contributed by atoms with van der Waals surface area (Å²) >= 11 is 0. The van der Waals surface area contributed by atoms with Crippen molar-refractivity contribution >= 4 is 22.0 Å². The number of hydrogen-bond acceptors (Lipinski definition) is 4. The van der Waals surface area contributed by atoms with Crippen molar-refractivity contribution in [1.82, 2.24) is 0 Å². The van der Waals surface area contributed by atoms with Gasteiger partial charge in [0.1, 0.15) is 23.8 Å². The van der Waals surface area contributed by atoms with E-state index in [2.05, 4.69) is 24.1 Å². The fourth-order valence-corrected chi connectivity index (χ4v) is 2.58. The maximum absolute atomic E-state index is 9.28. The van der Waals surface area contributed by atoms with E-state index >= 15 is 0 Å². The molecular weight excluding hydrogens is 308 g/mol. The molecule has 0 saturated carbocycles. The molecule has 0 amide bonds. The summed E-state index contributed by atoms with van der Waals surface area (Å²) < 4.78 is 0. The van der Waals surface area contributed by atoms with E-state index in [4.69, 9.17) is 10.5 Å². The summed E-state index contributed by atoms with van der Waals surface area (Å²) in [7, 11) is 0. The Labute approximate surface area is 147 Å². The van der Waals surface area contributed by atoms with E-state index in [-0.39, 0.29) is 11.1 Å². The average Bonchev–Trinajstić information content (AvgIpc) is 2.65. The minimum absolute atomic E-state index is 0.0934. The number of benzene rings is 2. The summed E-state index contributed by atoms with van der Waals surface area (Å²) in [6.45, 7) is 8.98. The van der Waals surface area contributed by atoms with Crippen molar-refractivity contribution in [2.75, 3.05) is 18.0 Å². The Morgan fingerprint density at radius 1 is 0.880 bits per heavy atom. The summed E-state index contributed by atoms with van der Waals surface area (Å²) in [4.78, 5) is 2.14. The molecule has 0 N–H and O–H groups in total. The number of anilines is 1. The Balaban J connectivity index is 2.52. The third kappa shape index (κ3) is 3.75. The summed E-state index contributed by atoms with van der Waals surface area (Å²) in [5.74, 6) is 0. The first-order valence-electron chi connectivity index (χ1n) is 7.64. The van der Waals surface area contributed by atoms with Gasteiger partial charge in [-0.3, -0.25) is 0 Å². The second kappa shape index (κ2) is 8.16. The van der Waals surface area contributed by atoms with Crippen LogP contribution in [-0.2, 0) is 0 Å². The van der Waals surface area contributed by atoms with E-state index in [1.165, 1.54) is 0 Å². The van der Waals surface area contributed by atoms with Crippen molar-refractivity contribution in [1.29, 1.82) is 15.8 Å². The van der Waals surface area contributed by atoms with Gasteiger partial charge in [-0.05, 0) is 34.5 Å². The van der Waals surface area contributed by atoms with Crippen LogP contribution in [0, 0.1) is 34.0 Å². The topological polar surface area (TPSA) is 74.6 Å². The Bertz CT molecular complexity index is 952. The highest BCUT2D eigenvalue weighted by Crippen LogP contribution is 2.26. The molecule has 0 radical (unpaired) electrons. The zero-order chi connectivity index (χ0) is 18.2. The Kier molecular flexibility index (Phi) is 5.72. The van der Waals surface area contributed by atoms with Gasteiger partial charge in [0.2, 0.25) is 0 Å². The summed E-state index contributed by atoms with van der Waals surface area (Å²) in [6, 6.07) is 17.0. The zero-order valence-electron chi connectivity index (χ0n) is 13.7. The van der Waals surface area contributed by atoms with Crippen molar-refractivity contribution in [2.45, 2.75) is 0 Å². The molecular formula is C21H16N4. The van der Waals surface area contributed by atoms with E-state index in [9.17, 15) is 5.26 Å². The Morgan fingerprint density at radius 2 is 1.48 bits per heavy atom. The van der Waals surface area contributed by atoms with Crippen LogP contribution < -0.4 is 4.90 Å². The molecule has 2 aromatic carbocycles. The lowest BCUT2D eigenvalue weighted by Gasteiger charge is -2.22. The molecule has 0 aliphatic carbocycles. The minimum atomic E-state index is -0.179. The molecule has 25 heavy (non-hydrogen) atoms. The van der Waals surface area contributed by atoms with Crippen LogP contribution in [0.3, 0.4) is 0 Å². The molecule has 0 aliphatic rings. The smallest absolute Gasteiger partial charge is 0.148 e. The number of hydrogen-bond donors (Lipinski definition) is 0. The molecule has 4 heteroatoms. The van der Waals surface area contributed by atoms with E-state index in [0.717, 1.165) is 16.5 Å².